The van der Waals surface area contributed by atoms with Crippen molar-refractivity contribution in [2.24, 2.45) is 5.73 Å². The van der Waals surface area contributed by atoms with Crippen LogP contribution in [0.3, 0.4) is 0 Å². The molecule has 3 heterocycles. The fraction of sp³-hybridized carbons (Fsp3) is 0.500. The van der Waals surface area contributed by atoms with Gasteiger partial charge in [-0.15, -0.1) is 0 Å². The molecule has 3 atom stereocenters. The molecule has 2 aromatic rings. The van der Waals surface area contributed by atoms with E-state index in [-0.39, 0.29) is 24.2 Å². The Morgan fingerprint density at radius 1 is 1.43 bits per heavy atom. The van der Waals surface area contributed by atoms with E-state index in [1.54, 1.807) is 12.1 Å². The lowest BCUT2D eigenvalue weighted by atomic mass is 10.0. The fourth-order valence-corrected chi connectivity index (χ4v) is 2.83. The third-order valence-electron chi connectivity index (χ3n) is 4.16. The number of ether oxygens (including phenoxy) is 2. The summed E-state index contributed by atoms with van der Waals surface area (Å²) in [5.41, 5.74) is 6.07. The monoisotopic (exact) mass is 319 g/mol. The summed E-state index contributed by atoms with van der Waals surface area (Å²) in [5.74, 6) is 0.422. The lowest BCUT2D eigenvalue weighted by Crippen LogP contribution is -2.43. The number of nitrogens with two attached hydrogens (primary N) is 1. The molecule has 7 heteroatoms. The average molecular weight is 319 g/mol. The molecule has 124 valence electrons. The van der Waals surface area contributed by atoms with Crippen molar-refractivity contribution in [2.75, 3.05) is 13.7 Å². The highest BCUT2D eigenvalue weighted by molar-refractivity contribution is 5.75. The molecule has 0 aliphatic carbocycles. The van der Waals surface area contributed by atoms with E-state index < -0.39 is 6.10 Å². The van der Waals surface area contributed by atoms with Gasteiger partial charge in [-0.1, -0.05) is 0 Å². The second-order valence-electron chi connectivity index (χ2n) is 5.83. The van der Waals surface area contributed by atoms with Crippen LogP contribution in [0.4, 0.5) is 0 Å². The highest BCUT2D eigenvalue weighted by Gasteiger charge is 2.26. The molecule has 7 nitrogen and oxygen atoms in total. The smallest absolute Gasteiger partial charge is 0.252 e. The van der Waals surface area contributed by atoms with Crippen LogP contribution in [-0.2, 0) is 11.3 Å². The van der Waals surface area contributed by atoms with Crippen LogP contribution in [-0.4, -0.2) is 46.6 Å². The molecule has 23 heavy (non-hydrogen) atoms. The molecule has 0 radical (unpaired) electrons. The molecule has 1 aliphatic heterocycles. The molecule has 0 bridgehead atoms. The van der Waals surface area contributed by atoms with Gasteiger partial charge in [0.05, 0.1) is 32.5 Å². The van der Waals surface area contributed by atoms with Crippen LogP contribution >= 0.6 is 0 Å². The van der Waals surface area contributed by atoms with E-state index in [9.17, 15) is 9.90 Å². The van der Waals surface area contributed by atoms with Gasteiger partial charge in [0, 0.05) is 23.6 Å². The molecular weight excluding hydrogens is 298 g/mol. The molecule has 1 saturated heterocycles. The maximum atomic E-state index is 12.2. The molecule has 2 aromatic heterocycles. The van der Waals surface area contributed by atoms with Gasteiger partial charge in [0.2, 0.25) is 5.88 Å². The molecule has 0 aromatic carbocycles. The fourth-order valence-electron chi connectivity index (χ4n) is 2.83. The number of pyridine rings is 2. The summed E-state index contributed by atoms with van der Waals surface area (Å²) in [7, 11) is 1.52. The Bertz CT molecular complexity index is 738. The minimum Gasteiger partial charge on any atom is -0.481 e. The molecular formula is C16H21N3O4. The predicted molar refractivity (Wildman–Crippen MR) is 85.5 cm³/mol. The van der Waals surface area contributed by atoms with Gasteiger partial charge >= 0.3 is 0 Å². The minimum absolute atomic E-state index is 0.0182. The minimum atomic E-state index is -0.793. The van der Waals surface area contributed by atoms with E-state index in [1.807, 2.05) is 6.07 Å². The Hall–Kier alpha value is -1.96. The maximum Gasteiger partial charge on any atom is 0.252 e. The largest absolute Gasteiger partial charge is 0.481 e. The summed E-state index contributed by atoms with van der Waals surface area (Å²) in [5, 5.41) is 11.2. The molecule has 0 amide bonds. The number of methoxy groups -OCH3 is 1. The van der Waals surface area contributed by atoms with Gasteiger partial charge < -0.3 is 20.3 Å². The lowest BCUT2D eigenvalue weighted by Gasteiger charge is -2.30. The zero-order valence-electron chi connectivity index (χ0n) is 13.0. The summed E-state index contributed by atoms with van der Waals surface area (Å²) in [4.78, 5) is 16.5. The van der Waals surface area contributed by atoms with Crippen LogP contribution in [0.5, 0.6) is 5.88 Å². The first-order valence-corrected chi connectivity index (χ1v) is 7.68. The Morgan fingerprint density at radius 3 is 2.91 bits per heavy atom. The van der Waals surface area contributed by atoms with E-state index in [0.717, 1.165) is 11.8 Å². The average Bonchev–Trinajstić information content (AvgIpc) is 2.57. The lowest BCUT2D eigenvalue weighted by molar-refractivity contribution is -0.0727. The first kappa shape index (κ1) is 15.9. The molecule has 0 spiro atoms. The molecule has 0 unspecified atom stereocenters. The normalized spacial score (nSPS) is 22.9. The van der Waals surface area contributed by atoms with E-state index in [2.05, 4.69) is 4.98 Å². The van der Waals surface area contributed by atoms with E-state index in [4.69, 9.17) is 15.2 Å². The van der Waals surface area contributed by atoms with Crippen LogP contribution in [0.15, 0.2) is 29.1 Å². The highest BCUT2D eigenvalue weighted by atomic mass is 16.5. The van der Waals surface area contributed by atoms with Crippen molar-refractivity contribution in [3.63, 3.8) is 0 Å². The Kier molecular flexibility index (Phi) is 4.61. The topological polar surface area (TPSA) is 99.6 Å². The van der Waals surface area contributed by atoms with Gasteiger partial charge in [-0.3, -0.25) is 9.36 Å². The first-order chi connectivity index (χ1) is 11.1. The number of fused-ring (bicyclic) bond motifs is 1. The first-order valence-electron chi connectivity index (χ1n) is 7.68. The maximum absolute atomic E-state index is 12.2. The number of aromatic nitrogens is 2. The zero-order chi connectivity index (χ0) is 16.4. The number of rotatable bonds is 4. The van der Waals surface area contributed by atoms with Crippen molar-refractivity contribution >= 4 is 11.0 Å². The number of nitrogens with zero attached hydrogens (tertiary/aromatic N) is 2. The molecule has 3 rings (SSSR count). The highest BCUT2D eigenvalue weighted by Crippen LogP contribution is 2.19. The van der Waals surface area contributed by atoms with E-state index in [1.165, 1.54) is 17.7 Å². The quantitative estimate of drug-likeness (QED) is 0.839. The van der Waals surface area contributed by atoms with Gasteiger partial charge in [-0.25, -0.2) is 0 Å². The van der Waals surface area contributed by atoms with Crippen LogP contribution in [0.25, 0.3) is 11.0 Å². The van der Waals surface area contributed by atoms with Crippen molar-refractivity contribution in [2.45, 2.75) is 37.6 Å². The Balaban J connectivity index is 1.89. The Morgan fingerprint density at radius 2 is 2.22 bits per heavy atom. The number of aliphatic hydroxyl groups is 1. The molecule has 1 fully saturated rings. The molecule has 1 aliphatic rings. The summed E-state index contributed by atoms with van der Waals surface area (Å²) in [6.07, 6.45) is 0.373. The van der Waals surface area contributed by atoms with Crippen LogP contribution in [0.1, 0.15) is 12.8 Å². The third kappa shape index (κ3) is 3.36. The van der Waals surface area contributed by atoms with Gasteiger partial charge in [0.15, 0.2) is 0 Å². The molecule has 0 saturated carbocycles. The summed E-state index contributed by atoms with van der Waals surface area (Å²) < 4.78 is 12.2. The van der Waals surface area contributed by atoms with Gasteiger partial charge in [0.1, 0.15) is 5.65 Å². The predicted octanol–water partition coefficient (Wildman–Crippen LogP) is 0.272. The number of hydrogen-bond donors (Lipinski definition) is 2. The Labute approximate surface area is 133 Å². The second-order valence-corrected chi connectivity index (χ2v) is 5.83. The van der Waals surface area contributed by atoms with Crippen molar-refractivity contribution in [1.82, 2.24) is 9.55 Å². The molecule has 3 N–H and O–H groups in total. The van der Waals surface area contributed by atoms with Gasteiger partial charge in [0.25, 0.3) is 5.56 Å². The number of hydrogen-bond acceptors (Lipinski definition) is 6. The van der Waals surface area contributed by atoms with Gasteiger partial charge in [-0.05, 0) is 25.0 Å². The van der Waals surface area contributed by atoms with E-state index in [0.29, 0.717) is 24.6 Å². The number of aliphatic hydroxyl groups excluding tert-OH is 1. The summed E-state index contributed by atoms with van der Waals surface area (Å²) in [6.45, 7) is 0.550. The van der Waals surface area contributed by atoms with Crippen molar-refractivity contribution < 1.29 is 14.6 Å². The van der Waals surface area contributed by atoms with Crippen molar-refractivity contribution in [1.29, 1.82) is 0 Å². The second kappa shape index (κ2) is 6.66. The third-order valence-corrected chi connectivity index (χ3v) is 4.16. The van der Waals surface area contributed by atoms with Crippen molar-refractivity contribution in [3.8, 4) is 5.88 Å². The van der Waals surface area contributed by atoms with Crippen LogP contribution in [0.2, 0.25) is 0 Å². The standard InChI is InChI=1S/C16H21N3O4/c1-22-14-6-2-10-3-7-15(21)19(16(10)18-14)8-12(20)13-5-4-11(17)9-23-13/h2-3,6-7,11-13,20H,4-5,8-9,17H2,1H3/t11-,12+,13+/m1/s1. The summed E-state index contributed by atoms with van der Waals surface area (Å²) in [6, 6.07) is 6.77. The SMILES string of the molecule is COc1ccc2ccc(=O)n(C[C@H](O)[C@@H]3CC[C@@H](N)CO3)c2n1. The van der Waals surface area contributed by atoms with Crippen LogP contribution < -0.4 is 16.0 Å². The zero-order valence-corrected chi connectivity index (χ0v) is 13.0. The van der Waals surface area contributed by atoms with E-state index >= 15 is 0 Å². The van der Waals surface area contributed by atoms with Crippen LogP contribution in [0, 0.1) is 0 Å². The van der Waals surface area contributed by atoms with Gasteiger partial charge in [-0.2, -0.15) is 4.98 Å². The summed E-state index contributed by atoms with van der Waals surface area (Å²) >= 11 is 0. The van der Waals surface area contributed by atoms with Crippen molar-refractivity contribution in [3.05, 3.63) is 34.6 Å².